The second-order valence-electron chi connectivity index (χ2n) is 6.12. The lowest BCUT2D eigenvalue weighted by Crippen LogP contribution is -2.37. The van der Waals surface area contributed by atoms with Crippen LogP contribution < -0.4 is 10.2 Å². The summed E-state index contributed by atoms with van der Waals surface area (Å²) in [6.45, 7) is 5.13. The Morgan fingerprint density at radius 2 is 2.04 bits per heavy atom. The van der Waals surface area contributed by atoms with Crippen LogP contribution in [0.2, 0.25) is 0 Å². The summed E-state index contributed by atoms with van der Waals surface area (Å²) >= 11 is 0. The number of fused-ring (bicyclic) bond motifs is 1. The van der Waals surface area contributed by atoms with Gasteiger partial charge in [-0.2, -0.15) is 5.10 Å². The van der Waals surface area contributed by atoms with Gasteiger partial charge in [-0.15, -0.1) is 0 Å². The fourth-order valence-corrected chi connectivity index (χ4v) is 2.71. The molecule has 0 unspecified atom stereocenters. The molecule has 24 heavy (non-hydrogen) atoms. The highest BCUT2D eigenvalue weighted by Crippen LogP contribution is 2.22. The Labute approximate surface area is 141 Å². The van der Waals surface area contributed by atoms with Gasteiger partial charge < -0.3 is 5.32 Å². The zero-order valence-corrected chi connectivity index (χ0v) is 14.0. The molecule has 0 radical (unpaired) electrons. The van der Waals surface area contributed by atoms with E-state index in [1.165, 1.54) is 0 Å². The van der Waals surface area contributed by atoms with Crippen molar-refractivity contribution in [2.24, 2.45) is 0 Å². The van der Waals surface area contributed by atoms with Crippen LogP contribution in [0.25, 0.3) is 0 Å². The Balaban J connectivity index is 1.71. The number of nitrogens with one attached hydrogen (secondary N) is 1. The molecule has 2 amide bonds. The first-order valence-electron chi connectivity index (χ1n) is 8.30. The molecule has 2 aromatic rings. The van der Waals surface area contributed by atoms with E-state index in [-0.39, 0.29) is 17.9 Å². The second-order valence-corrected chi connectivity index (χ2v) is 6.12. The molecule has 1 aliphatic rings. The highest BCUT2D eigenvalue weighted by molar-refractivity contribution is 5.95. The van der Waals surface area contributed by atoms with Gasteiger partial charge in [-0.3, -0.25) is 14.5 Å². The van der Waals surface area contributed by atoms with Gasteiger partial charge in [0, 0.05) is 24.1 Å². The fraction of sp³-hybridized carbons (Fsp3) is 0.389. The van der Waals surface area contributed by atoms with Crippen LogP contribution in [-0.4, -0.2) is 27.6 Å². The molecule has 0 saturated carbocycles. The van der Waals surface area contributed by atoms with Gasteiger partial charge in [0.1, 0.15) is 5.82 Å². The normalized spacial score (nSPS) is 15.1. The minimum Gasteiger partial charge on any atom is -0.350 e. The third-order valence-corrected chi connectivity index (χ3v) is 4.36. The summed E-state index contributed by atoms with van der Waals surface area (Å²) in [6.07, 6.45) is 3.07. The zero-order valence-electron chi connectivity index (χ0n) is 14.0. The molecule has 0 spiro atoms. The molecule has 0 aliphatic carbocycles. The smallest absolute Gasteiger partial charge is 0.251 e. The van der Waals surface area contributed by atoms with Gasteiger partial charge >= 0.3 is 0 Å². The Morgan fingerprint density at radius 3 is 2.75 bits per heavy atom. The molecule has 0 bridgehead atoms. The Kier molecular flexibility index (Phi) is 4.64. The molecule has 1 aromatic heterocycles. The van der Waals surface area contributed by atoms with Crippen LogP contribution in [0.4, 0.5) is 5.82 Å². The minimum atomic E-state index is -0.0666. The van der Waals surface area contributed by atoms with Crippen LogP contribution in [0.5, 0.6) is 0 Å². The topological polar surface area (TPSA) is 67.2 Å². The van der Waals surface area contributed by atoms with E-state index in [1.807, 2.05) is 36.7 Å². The van der Waals surface area contributed by atoms with Gasteiger partial charge in [0.05, 0.1) is 19.3 Å². The molecule has 126 valence electrons. The summed E-state index contributed by atoms with van der Waals surface area (Å²) in [4.78, 5) is 26.1. The standard InChI is InChI=1S/C18H22N4O2/c1-3-13(2)20-18(24)15-6-4-14(5-7-15)12-21-16-8-10-19-22(16)11-9-17(21)23/h4-8,10,13H,3,9,11-12H2,1-2H3,(H,20,24)/t13-/m1/s1. The summed E-state index contributed by atoms with van der Waals surface area (Å²) in [7, 11) is 0. The predicted molar refractivity (Wildman–Crippen MR) is 91.7 cm³/mol. The number of aryl methyl sites for hydroxylation is 1. The van der Waals surface area contributed by atoms with Crippen LogP contribution in [0.1, 0.15) is 42.6 Å². The van der Waals surface area contributed by atoms with Crippen molar-refractivity contribution in [1.29, 1.82) is 0 Å². The molecule has 3 rings (SSSR count). The van der Waals surface area contributed by atoms with E-state index in [0.717, 1.165) is 17.8 Å². The van der Waals surface area contributed by atoms with Crippen molar-refractivity contribution in [3.8, 4) is 0 Å². The van der Waals surface area contributed by atoms with Gasteiger partial charge in [0.15, 0.2) is 0 Å². The molecule has 0 saturated heterocycles. The van der Waals surface area contributed by atoms with Crippen molar-refractivity contribution in [3.63, 3.8) is 0 Å². The summed E-state index contributed by atoms with van der Waals surface area (Å²) in [6, 6.07) is 9.41. The van der Waals surface area contributed by atoms with Gasteiger partial charge in [0.25, 0.3) is 5.91 Å². The molecular weight excluding hydrogens is 304 g/mol. The van der Waals surface area contributed by atoms with Crippen molar-refractivity contribution >= 4 is 17.6 Å². The van der Waals surface area contributed by atoms with Crippen molar-refractivity contribution in [2.75, 3.05) is 4.90 Å². The molecule has 1 aliphatic heterocycles. The lowest BCUT2D eigenvalue weighted by Gasteiger charge is -2.27. The van der Waals surface area contributed by atoms with E-state index in [1.54, 1.807) is 23.2 Å². The lowest BCUT2D eigenvalue weighted by molar-refractivity contribution is -0.119. The molecule has 1 N–H and O–H groups in total. The van der Waals surface area contributed by atoms with E-state index < -0.39 is 0 Å². The summed E-state index contributed by atoms with van der Waals surface area (Å²) < 4.78 is 1.84. The van der Waals surface area contributed by atoms with Crippen molar-refractivity contribution in [2.45, 2.75) is 45.8 Å². The second kappa shape index (κ2) is 6.86. The quantitative estimate of drug-likeness (QED) is 0.917. The largest absolute Gasteiger partial charge is 0.350 e. The third-order valence-electron chi connectivity index (χ3n) is 4.36. The number of nitrogens with zero attached hydrogens (tertiary/aromatic N) is 3. The van der Waals surface area contributed by atoms with Crippen LogP contribution in [0, 0.1) is 0 Å². The summed E-state index contributed by atoms with van der Waals surface area (Å²) in [5.41, 5.74) is 1.62. The van der Waals surface area contributed by atoms with Crippen molar-refractivity contribution in [3.05, 3.63) is 47.7 Å². The maximum atomic E-state index is 12.2. The monoisotopic (exact) mass is 326 g/mol. The van der Waals surface area contributed by atoms with E-state index in [0.29, 0.717) is 25.1 Å². The third kappa shape index (κ3) is 3.32. The van der Waals surface area contributed by atoms with Gasteiger partial charge in [-0.05, 0) is 31.0 Å². The number of carbonyl (C=O) groups excluding carboxylic acids is 2. The number of hydrogen-bond acceptors (Lipinski definition) is 3. The molecule has 1 atom stereocenters. The number of benzene rings is 1. The van der Waals surface area contributed by atoms with E-state index >= 15 is 0 Å². The fourth-order valence-electron chi connectivity index (χ4n) is 2.71. The first-order valence-corrected chi connectivity index (χ1v) is 8.30. The molecule has 1 aromatic carbocycles. The summed E-state index contributed by atoms with van der Waals surface area (Å²) in [5.74, 6) is 0.856. The van der Waals surface area contributed by atoms with Crippen LogP contribution in [0.15, 0.2) is 36.5 Å². The SMILES string of the molecule is CC[C@@H](C)NC(=O)c1ccc(CN2C(=O)CCn3nccc32)cc1. The average molecular weight is 326 g/mol. The lowest BCUT2D eigenvalue weighted by atomic mass is 10.1. The highest BCUT2D eigenvalue weighted by atomic mass is 16.2. The molecule has 6 nitrogen and oxygen atoms in total. The first kappa shape index (κ1) is 16.2. The van der Waals surface area contributed by atoms with Gasteiger partial charge in [-0.25, -0.2) is 4.68 Å². The maximum Gasteiger partial charge on any atom is 0.251 e. The highest BCUT2D eigenvalue weighted by Gasteiger charge is 2.24. The van der Waals surface area contributed by atoms with Gasteiger partial charge in [-0.1, -0.05) is 19.1 Å². The van der Waals surface area contributed by atoms with E-state index in [4.69, 9.17) is 0 Å². The Bertz CT molecular complexity index is 736. The average Bonchev–Trinajstić information content (AvgIpc) is 3.06. The Morgan fingerprint density at radius 1 is 1.29 bits per heavy atom. The first-order chi connectivity index (χ1) is 11.6. The number of carbonyl (C=O) groups is 2. The van der Waals surface area contributed by atoms with E-state index in [9.17, 15) is 9.59 Å². The molecule has 0 fully saturated rings. The number of anilines is 1. The van der Waals surface area contributed by atoms with Crippen LogP contribution in [-0.2, 0) is 17.9 Å². The van der Waals surface area contributed by atoms with Gasteiger partial charge in [0.2, 0.25) is 5.91 Å². The van der Waals surface area contributed by atoms with Crippen LogP contribution >= 0.6 is 0 Å². The zero-order chi connectivity index (χ0) is 17.1. The number of rotatable bonds is 5. The molecular formula is C18H22N4O2. The predicted octanol–water partition coefficient (Wildman–Crippen LogP) is 2.35. The molecule has 2 heterocycles. The Hall–Kier alpha value is -2.63. The number of amides is 2. The summed E-state index contributed by atoms with van der Waals surface area (Å²) in [5, 5.41) is 7.17. The molecule has 6 heteroatoms. The van der Waals surface area contributed by atoms with Crippen LogP contribution in [0.3, 0.4) is 0 Å². The minimum absolute atomic E-state index is 0.0666. The maximum absolute atomic E-state index is 12.2. The number of hydrogen-bond donors (Lipinski definition) is 1. The van der Waals surface area contributed by atoms with Crippen molar-refractivity contribution in [1.82, 2.24) is 15.1 Å². The number of aromatic nitrogens is 2. The van der Waals surface area contributed by atoms with Crippen molar-refractivity contribution < 1.29 is 9.59 Å². The van der Waals surface area contributed by atoms with E-state index in [2.05, 4.69) is 10.4 Å².